The highest BCUT2D eigenvalue weighted by molar-refractivity contribution is 6.30. The topological polar surface area (TPSA) is 57.5 Å². The summed E-state index contributed by atoms with van der Waals surface area (Å²) < 4.78 is 0. The monoisotopic (exact) mass is 214 g/mol. The molecule has 0 saturated heterocycles. The molecule has 0 spiro atoms. The van der Waals surface area contributed by atoms with Crippen molar-refractivity contribution in [2.75, 3.05) is 0 Å². The van der Waals surface area contributed by atoms with E-state index in [1.165, 1.54) is 12.1 Å². The summed E-state index contributed by atoms with van der Waals surface area (Å²) in [4.78, 5) is 10.6. The first-order valence-corrected chi connectivity index (χ1v) is 4.58. The molecule has 0 fully saturated rings. The molecule has 0 aliphatic rings. The van der Waals surface area contributed by atoms with Crippen LogP contribution in [0.3, 0.4) is 0 Å². The van der Waals surface area contributed by atoms with Crippen LogP contribution in [-0.4, -0.2) is 16.2 Å². The van der Waals surface area contributed by atoms with Crippen molar-refractivity contribution in [1.82, 2.24) is 0 Å². The van der Waals surface area contributed by atoms with Crippen molar-refractivity contribution < 1.29 is 15.0 Å². The summed E-state index contributed by atoms with van der Waals surface area (Å²) >= 11 is 5.71. The summed E-state index contributed by atoms with van der Waals surface area (Å²) in [6.45, 7) is 1.61. The van der Waals surface area contributed by atoms with Crippen molar-refractivity contribution in [2.45, 2.75) is 13.3 Å². The number of hydrogen-bond acceptors (Lipinski definition) is 2. The summed E-state index contributed by atoms with van der Waals surface area (Å²) in [7, 11) is 0. The number of carbonyl (C=O) groups is 1. The van der Waals surface area contributed by atoms with Gasteiger partial charge in [-0.3, -0.25) is 4.79 Å². The van der Waals surface area contributed by atoms with Gasteiger partial charge in [0.05, 0.1) is 5.92 Å². The van der Waals surface area contributed by atoms with Crippen LogP contribution in [0.2, 0.25) is 5.02 Å². The molecule has 4 heteroatoms. The van der Waals surface area contributed by atoms with E-state index in [4.69, 9.17) is 16.7 Å². The molecule has 0 bridgehead atoms. The van der Waals surface area contributed by atoms with Gasteiger partial charge in [-0.05, 0) is 30.2 Å². The van der Waals surface area contributed by atoms with Crippen LogP contribution in [0.1, 0.15) is 12.5 Å². The Morgan fingerprint density at radius 3 is 2.64 bits per heavy atom. The average Bonchev–Trinajstić information content (AvgIpc) is 2.01. The van der Waals surface area contributed by atoms with E-state index >= 15 is 0 Å². The Bertz CT molecular complexity index is 329. The minimum atomic E-state index is -0.857. The lowest BCUT2D eigenvalue weighted by atomic mass is 10.0. The number of hydrogen-bond donors (Lipinski definition) is 2. The second-order valence-electron chi connectivity index (χ2n) is 3.26. The normalized spacial score (nSPS) is 12.4. The van der Waals surface area contributed by atoms with Gasteiger partial charge in [0.1, 0.15) is 5.75 Å². The van der Waals surface area contributed by atoms with Crippen LogP contribution in [0.5, 0.6) is 5.75 Å². The Hall–Kier alpha value is -1.22. The second kappa shape index (κ2) is 4.33. The van der Waals surface area contributed by atoms with Gasteiger partial charge in [-0.25, -0.2) is 0 Å². The number of halogens is 1. The van der Waals surface area contributed by atoms with Gasteiger partial charge in [0.15, 0.2) is 0 Å². The Balaban J connectivity index is 2.81. The highest BCUT2D eigenvalue weighted by atomic mass is 35.5. The van der Waals surface area contributed by atoms with Gasteiger partial charge < -0.3 is 10.2 Å². The van der Waals surface area contributed by atoms with Crippen LogP contribution in [0.15, 0.2) is 18.2 Å². The smallest absolute Gasteiger partial charge is 0.306 e. The second-order valence-corrected chi connectivity index (χ2v) is 3.70. The molecule has 1 aromatic carbocycles. The Labute approximate surface area is 86.9 Å². The third-order valence-electron chi connectivity index (χ3n) is 1.91. The fourth-order valence-electron chi connectivity index (χ4n) is 1.19. The number of aliphatic carboxylic acids is 1. The Kier molecular flexibility index (Phi) is 3.36. The largest absolute Gasteiger partial charge is 0.508 e. The number of rotatable bonds is 3. The summed E-state index contributed by atoms with van der Waals surface area (Å²) in [5.74, 6) is -1.28. The quantitative estimate of drug-likeness (QED) is 0.812. The minimum absolute atomic E-state index is 0.0603. The highest BCUT2D eigenvalue weighted by Gasteiger charge is 2.12. The summed E-state index contributed by atoms with van der Waals surface area (Å²) in [6.07, 6.45) is 0.365. The van der Waals surface area contributed by atoms with Gasteiger partial charge in [0, 0.05) is 5.02 Å². The van der Waals surface area contributed by atoms with Crippen LogP contribution in [0.25, 0.3) is 0 Å². The van der Waals surface area contributed by atoms with Crippen LogP contribution < -0.4 is 0 Å². The third-order valence-corrected chi connectivity index (χ3v) is 2.12. The van der Waals surface area contributed by atoms with Crippen molar-refractivity contribution in [1.29, 1.82) is 0 Å². The zero-order valence-corrected chi connectivity index (χ0v) is 8.45. The molecule has 0 aliphatic heterocycles. The first kappa shape index (κ1) is 10.9. The maximum absolute atomic E-state index is 10.6. The molecule has 0 aromatic heterocycles. The summed E-state index contributed by atoms with van der Waals surface area (Å²) in [5, 5.41) is 18.3. The SMILES string of the molecule is CC(Cc1cc(O)cc(Cl)c1)C(=O)O. The molecule has 0 radical (unpaired) electrons. The Morgan fingerprint density at radius 1 is 1.50 bits per heavy atom. The number of benzene rings is 1. The van der Waals surface area contributed by atoms with E-state index < -0.39 is 11.9 Å². The van der Waals surface area contributed by atoms with Gasteiger partial charge >= 0.3 is 5.97 Å². The predicted molar refractivity (Wildman–Crippen MR) is 53.6 cm³/mol. The molecule has 1 unspecified atom stereocenters. The molecule has 3 nitrogen and oxygen atoms in total. The highest BCUT2D eigenvalue weighted by Crippen LogP contribution is 2.21. The van der Waals surface area contributed by atoms with Gasteiger partial charge in [0.25, 0.3) is 0 Å². The molecule has 1 aromatic rings. The van der Waals surface area contributed by atoms with E-state index in [9.17, 15) is 9.90 Å². The molecular formula is C10H11ClO3. The van der Waals surface area contributed by atoms with Crippen LogP contribution in [0, 0.1) is 5.92 Å². The van der Waals surface area contributed by atoms with Crippen molar-refractivity contribution in [2.24, 2.45) is 5.92 Å². The molecule has 1 rings (SSSR count). The van der Waals surface area contributed by atoms with E-state index in [0.717, 1.165) is 5.56 Å². The first-order valence-electron chi connectivity index (χ1n) is 4.20. The van der Waals surface area contributed by atoms with Crippen LogP contribution >= 0.6 is 11.6 Å². The van der Waals surface area contributed by atoms with Crippen molar-refractivity contribution >= 4 is 17.6 Å². The van der Waals surface area contributed by atoms with Crippen LogP contribution in [-0.2, 0) is 11.2 Å². The van der Waals surface area contributed by atoms with E-state index in [2.05, 4.69) is 0 Å². The zero-order valence-electron chi connectivity index (χ0n) is 7.70. The lowest BCUT2D eigenvalue weighted by Crippen LogP contribution is -2.12. The standard InChI is InChI=1S/C10H11ClO3/c1-6(10(13)14)2-7-3-8(11)5-9(12)4-7/h3-6,12H,2H2,1H3,(H,13,14). The Morgan fingerprint density at radius 2 is 2.14 bits per heavy atom. The van der Waals surface area contributed by atoms with Gasteiger partial charge in [0.2, 0.25) is 0 Å². The number of phenols is 1. The number of carboxylic acids is 1. The molecule has 14 heavy (non-hydrogen) atoms. The maximum atomic E-state index is 10.6. The first-order chi connectivity index (χ1) is 6.49. The fraction of sp³-hybridized carbons (Fsp3) is 0.300. The summed E-state index contributed by atoms with van der Waals surface area (Å²) in [6, 6.07) is 4.59. The maximum Gasteiger partial charge on any atom is 0.306 e. The molecule has 1 atom stereocenters. The number of carboxylic acid groups (broad SMARTS) is 1. The minimum Gasteiger partial charge on any atom is -0.508 e. The zero-order chi connectivity index (χ0) is 10.7. The molecule has 0 saturated carbocycles. The van der Waals surface area contributed by atoms with Gasteiger partial charge in [-0.1, -0.05) is 18.5 Å². The molecule has 0 aliphatic carbocycles. The van der Waals surface area contributed by atoms with E-state index in [0.29, 0.717) is 11.4 Å². The molecule has 0 heterocycles. The van der Waals surface area contributed by atoms with Crippen molar-refractivity contribution in [3.8, 4) is 5.75 Å². The lowest BCUT2D eigenvalue weighted by molar-refractivity contribution is -0.141. The fourth-order valence-corrected chi connectivity index (χ4v) is 1.44. The third kappa shape index (κ3) is 2.92. The number of phenolic OH excluding ortho intramolecular Hbond substituents is 1. The molecular weight excluding hydrogens is 204 g/mol. The number of aromatic hydroxyl groups is 1. The van der Waals surface area contributed by atoms with Gasteiger partial charge in [-0.15, -0.1) is 0 Å². The van der Waals surface area contributed by atoms with Crippen molar-refractivity contribution in [3.63, 3.8) is 0 Å². The van der Waals surface area contributed by atoms with E-state index in [1.807, 2.05) is 0 Å². The summed E-state index contributed by atoms with van der Waals surface area (Å²) in [5.41, 5.74) is 0.727. The van der Waals surface area contributed by atoms with E-state index in [-0.39, 0.29) is 5.75 Å². The van der Waals surface area contributed by atoms with E-state index in [1.54, 1.807) is 13.0 Å². The predicted octanol–water partition coefficient (Wildman–Crippen LogP) is 2.31. The van der Waals surface area contributed by atoms with Gasteiger partial charge in [-0.2, -0.15) is 0 Å². The molecule has 76 valence electrons. The molecule has 0 amide bonds. The molecule has 2 N–H and O–H groups in total. The lowest BCUT2D eigenvalue weighted by Gasteiger charge is -2.06. The van der Waals surface area contributed by atoms with Crippen molar-refractivity contribution in [3.05, 3.63) is 28.8 Å². The average molecular weight is 215 g/mol. The van der Waals surface area contributed by atoms with Crippen LogP contribution in [0.4, 0.5) is 0 Å².